The lowest BCUT2D eigenvalue weighted by Crippen LogP contribution is -2.44. The highest BCUT2D eigenvalue weighted by Gasteiger charge is 2.24. The van der Waals surface area contributed by atoms with Crippen molar-refractivity contribution in [1.82, 2.24) is 13.8 Å². The number of ether oxygens (including phenoxy) is 2. The van der Waals surface area contributed by atoms with E-state index in [9.17, 15) is 15.1 Å². The van der Waals surface area contributed by atoms with Gasteiger partial charge >= 0.3 is 5.97 Å². The number of aliphatic hydroxyl groups excluding tert-OH is 1. The summed E-state index contributed by atoms with van der Waals surface area (Å²) in [4.78, 5) is 11.3. The van der Waals surface area contributed by atoms with E-state index in [0.29, 0.717) is 11.6 Å². The largest absolute Gasteiger partial charge is 0.473 e. The molecule has 1 aromatic heterocycles. The molecule has 0 radical (unpaired) electrons. The Morgan fingerprint density at radius 3 is 2.61 bits per heavy atom. The zero-order chi connectivity index (χ0) is 17.6. The number of hydrogen-bond acceptors (Lipinski definition) is 9. The first kappa shape index (κ1) is 19.8. The standard InChI is InChI=1S/C14H25N3O5S/c1-9(6-11(19)21-5)12-13(16-23-15-12)22-8-10(18)7-17(20)14(2,3)4/h9-10,18,20H,6-8H2,1-5H3. The van der Waals surface area contributed by atoms with Crippen LogP contribution >= 0.6 is 11.7 Å². The fourth-order valence-electron chi connectivity index (χ4n) is 1.72. The minimum absolute atomic E-state index is 0.0313. The molecule has 1 heterocycles. The van der Waals surface area contributed by atoms with Crippen molar-refractivity contribution in [1.29, 1.82) is 0 Å². The van der Waals surface area contributed by atoms with Crippen molar-refractivity contribution in [3.8, 4) is 5.88 Å². The molecule has 23 heavy (non-hydrogen) atoms. The fourth-order valence-corrected chi connectivity index (χ4v) is 2.33. The molecule has 0 aliphatic rings. The molecule has 0 fully saturated rings. The summed E-state index contributed by atoms with van der Waals surface area (Å²) in [5.74, 6) is -0.236. The summed E-state index contributed by atoms with van der Waals surface area (Å²) in [5.41, 5.74) is 0.0906. The van der Waals surface area contributed by atoms with Gasteiger partial charge in [-0.3, -0.25) is 4.79 Å². The van der Waals surface area contributed by atoms with Crippen LogP contribution in [0.25, 0.3) is 0 Å². The maximum absolute atomic E-state index is 11.3. The predicted octanol–water partition coefficient (Wildman–Crippen LogP) is 1.43. The second-order valence-corrected chi connectivity index (χ2v) is 6.88. The summed E-state index contributed by atoms with van der Waals surface area (Å²) in [7, 11) is 1.33. The number of esters is 1. The zero-order valence-corrected chi connectivity index (χ0v) is 15.0. The SMILES string of the molecule is COC(=O)CC(C)c1nsnc1OCC(O)CN(O)C(C)(C)C. The number of methoxy groups -OCH3 is 1. The number of carbonyl (C=O) groups excluding carboxylic acids is 1. The number of aromatic nitrogens is 2. The first-order valence-electron chi connectivity index (χ1n) is 7.31. The quantitative estimate of drug-likeness (QED) is 0.537. The number of hydrogen-bond donors (Lipinski definition) is 2. The summed E-state index contributed by atoms with van der Waals surface area (Å²) < 4.78 is 18.3. The summed E-state index contributed by atoms with van der Waals surface area (Å²) in [6, 6.07) is 0. The monoisotopic (exact) mass is 347 g/mol. The van der Waals surface area contributed by atoms with Crippen LogP contribution in [0.5, 0.6) is 5.88 Å². The number of hydroxylamine groups is 2. The molecule has 2 atom stereocenters. The van der Waals surface area contributed by atoms with Crippen LogP contribution in [0.3, 0.4) is 0 Å². The van der Waals surface area contributed by atoms with Crippen LogP contribution in [0, 0.1) is 0 Å². The Morgan fingerprint density at radius 1 is 1.39 bits per heavy atom. The fraction of sp³-hybridized carbons (Fsp3) is 0.786. The van der Waals surface area contributed by atoms with Gasteiger partial charge < -0.3 is 19.8 Å². The van der Waals surface area contributed by atoms with Gasteiger partial charge in [0.2, 0.25) is 5.88 Å². The van der Waals surface area contributed by atoms with E-state index in [2.05, 4.69) is 13.5 Å². The Bertz CT molecular complexity index is 503. The average Bonchev–Trinajstić information content (AvgIpc) is 2.92. The number of carbonyl (C=O) groups is 1. The van der Waals surface area contributed by atoms with Crippen molar-refractivity contribution in [3.05, 3.63) is 5.69 Å². The van der Waals surface area contributed by atoms with E-state index in [-0.39, 0.29) is 31.5 Å². The van der Waals surface area contributed by atoms with E-state index in [1.54, 1.807) is 0 Å². The minimum Gasteiger partial charge on any atom is -0.473 e. The molecule has 0 bridgehead atoms. The number of aliphatic hydroxyl groups is 1. The smallest absolute Gasteiger partial charge is 0.306 e. The number of nitrogens with zero attached hydrogens (tertiary/aromatic N) is 3. The van der Waals surface area contributed by atoms with Gasteiger partial charge in [0.1, 0.15) is 18.4 Å². The summed E-state index contributed by atoms with van der Waals surface area (Å²) in [5, 5.41) is 20.8. The van der Waals surface area contributed by atoms with Gasteiger partial charge in [-0.1, -0.05) is 6.92 Å². The highest BCUT2D eigenvalue weighted by Crippen LogP contribution is 2.27. The maximum atomic E-state index is 11.3. The van der Waals surface area contributed by atoms with Gasteiger partial charge in [0.05, 0.1) is 31.8 Å². The minimum atomic E-state index is -0.885. The summed E-state index contributed by atoms with van der Waals surface area (Å²) in [6.07, 6.45) is -0.709. The summed E-state index contributed by atoms with van der Waals surface area (Å²) in [6.45, 7) is 7.34. The van der Waals surface area contributed by atoms with Crippen molar-refractivity contribution < 1.29 is 24.6 Å². The first-order valence-corrected chi connectivity index (χ1v) is 8.04. The molecule has 1 rings (SSSR count). The van der Waals surface area contributed by atoms with Crippen molar-refractivity contribution in [2.75, 3.05) is 20.3 Å². The molecule has 0 saturated carbocycles. The predicted molar refractivity (Wildman–Crippen MR) is 84.7 cm³/mol. The Morgan fingerprint density at radius 2 is 2.04 bits per heavy atom. The van der Waals surface area contributed by atoms with Crippen LogP contribution in [0.15, 0.2) is 0 Å². The topological polar surface area (TPSA) is 105 Å². The maximum Gasteiger partial charge on any atom is 0.306 e. The molecule has 2 N–H and O–H groups in total. The van der Waals surface area contributed by atoms with Crippen LogP contribution in [-0.4, -0.2) is 62.0 Å². The molecule has 132 valence electrons. The highest BCUT2D eigenvalue weighted by atomic mass is 32.1. The lowest BCUT2D eigenvalue weighted by molar-refractivity contribution is -0.174. The molecule has 0 aliphatic heterocycles. The van der Waals surface area contributed by atoms with E-state index in [0.717, 1.165) is 16.8 Å². The van der Waals surface area contributed by atoms with Gasteiger partial charge in [-0.2, -0.15) is 9.44 Å². The van der Waals surface area contributed by atoms with E-state index in [4.69, 9.17) is 4.74 Å². The Hall–Kier alpha value is -1.29. The molecule has 8 nitrogen and oxygen atoms in total. The van der Waals surface area contributed by atoms with Crippen LogP contribution in [0.1, 0.15) is 45.7 Å². The van der Waals surface area contributed by atoms with E-state index >= 15 is 0 Å². The molecule has 0 amide bonds. The van der Waals surface area contributed by atoms with Crippen molar-refractivity contribution >= 4 is 17.7 Å². The van der Waals surface area contributed by atoms with E-state index in [1.165, 1.54) is 7.11 Å². The molecule has 0 spiro atoms. The molecular formula is C14H25N3O5S. The van der Waals surface area contributed by atoms with Gasteiger partial charge in [0.15, 0.2) is 0 Å². The van der Waals surface area contributed by atoms with Gasteiger partial charge in [0.25, 0.3) is 0 Å². The Balaban J connectivity index is 2.56. The zero-order valence-electron chi connectivity index (χ0n) is 14.1. The van der Waals surface area contributed by atoms with Crippen molar-refractivity contribution in [2.24, 2.45) is 0 Å². The normalized spacial score (nSPS) is 14.6. The number of rotatable bonds is 8. The lowest BCUT2D eigenvalue weighted by atomic mass is 10.0. The third-order valence-corrected chi connectivity index (χ3v) is 3.75. The first-order chi connectivity index (χ1) is 10.6. The molecule has 1 aromatic rings. The molecule has 2 unspecified atom stereocenters. The molecule has 9 heteroatoms. The van der Waals surface area contributed by atoms with E-state index < -0.39 is 11.6 Å². The van der Waals surface area contributed by atoms with E-state index in [1.807, 2.05) is 27.7 Å². The summed E-state index contributed by atoms with van der Waals surface area (Å²) >= 11 is 0.981. The van der Waals surface area contributed by atoms with Gasteiger partial charge in [-0.15, -0.1) is 4.37 Å². The lowest BCUT2D eigenvalue weighted by Gasteiger charge is -2.30. The van der Waals surface area contributed by atoms with Gasteiger partial charge in [0, 0.05) is 11.5 Å². The average molecular weight is 347 g/mol. The number of β-amino-alcohol motifs (C(OH)–C–C–N with tert-alkyl or cyclic N) is 1. The molecule has 0 saturated heterocycles. The molecule has 0 aliphatic carbocycles. The Kier molecular flexibility index (Phi) is 7.33. The van der Waals surface area contributed by atoms with Crippen LogP contribution < -0.4 is 4.74 Å². The molecular weight excluding hydrogens is 322 g/mol. The van der Waals surface area contributed by atoms with Gasteiger partial charge in [-0.05, 0) is 20.8 Å². The van der Waals surface area contributed by atoms with Crippen LogP contribution in [-0.2, 0) is 9.53 Å². The van der Waals surface area contributed by atoms with Crippen LogP contribution in [0.4, 0.5) is 0 Å². The van der Waals surface area contributed by atoms with Crippen LogP contribution in [0.2, 0.25) is 0 Å². The second kappa shape index (κ2) is 8.53. The Labute approximate surface area is 140 Å². The third-order valence-electron chi connectivity index (χ3n) is 3.22. The second-order valence-electron chi connectivity index (χ2n) is 6.35. The highest BCUT2D eigenvalue weighted by molar-refractivity contribution is 6.99. The third kappa shape index (κ3) is 6.38. The van der Waals surface area contributed by atoms with Gasteiger partial charge in [-0.25, -0.2) is 0 Å². The van der Waals surface area contributed by atoms with Crippen molar-refractivity contribution in [3.63, 3.8) is 0 Å². The molecule has 0 aromatic carbocycles. The van der Waals surface area contributed by atoms with Crippen molar-refractivity contribution in [2.45, 2.75) is 51.7 Å².